The fraction of sp³-hybridized carbons (Fsp3) is 1.00. The summed E-state index contributed by atoms with van der Waals surface area (Å²) in [6.45, 7) is 3.12. The Hall–Kier alpha value is 0.0900. The van der Waals surface area contributed by atoms with Crippen LogP contribution < -0.4 is 0 Å². The quantitative estimate of drug-likeness (QED) is 0.397. The third-order valence-corrected chi connectivity index (χ3v) is 5.01. The fourth-order valence-electron chi connectivity index (χ4n) is 3.44. The van der Waals surface area contributed by atoms with Crippen LogP contribution >= 0.6 is 12.4 Å². The number of hydrogen-bond acceptors (Lipinski definition) is 5. The van der Waals surface area contributed by atoms with E-state index < -0.39 is 24.4 Å². The van der Waals surface area contributed by atoms with Crippen LogP contribution in [0.3, 0.4) is 0 Å². The van der Waals surface area contributed by atoms with Crippen LogP contribution in [0.25, 0.3) is 0 Å². The molecule has 0 spiro atoms. The lowest BCUT2D eigenvalue weighted by Crippen LogP contribution is -2.62. The Bertz CT molecular complexity index is 296. The standard InChI is InChI=1S/C18H37NO4.ClH/c1-2-3-4-5-6-7-8-9-10-11-12-19-13-16(21)18(23)17(22)15(19)14-20;/h15-18,20-23H,2-14H2,1H3;1H/t15-,16+,17-,18-;/m1./s1. The maximum atomic E-state index is 9.93. The van der Waals surface area contributed by atoms with E-state index in [-0.39, 0.29) is 19.0 Å². The molecular formula is C18H38ClNO4. The number of nitrogens with zero attached hydrogens (tertiary/aromatic N) is 1. The summed E-state index contributed by atoms with van der Waals surface area (Å²) >= 11 is 0. The van der Waals surface area contributed by atoms with Crippen LogP contribution in [-0.2, 0) is 0 Å². The lowest BCUT2D eigenvalue weighted by Gasteiger charge is -2.43. The highest BCUT2D eigenvalue weighted by Crippen LogP contribution is 2.20. The highest BCUT2D eigenvalue weighted by atomic mass is 35.5. The number of unbranched alkanes of at least 4 members (excludes halogenated alkanes) is 9. The first-order valence-corrected chi connectivity index (χ1v) is 9.51. The predicted molar refractivity (Wildman–Crippen MR) is 99.6 cm³/mol. The van der Waals surface area contributed by atoms with E-state index in [2.05, 4.69) is 6.92 Å². The molecule has 1 rings (SSSR count). The summed E-state index contributed by atoms with van der Waals surface area (Å²) in [5.41, 5.74) is 0. The molecule has 0 bridgehead atoms. The fourth-order valence-corrected chi connectivity index (χ4v) is 3.44. The van der Waals surface area contributed by atoms with Gasteiger partial charge in [0.25, 0.3) is 0 Å². The maximum Gasteiger partial charge on any atom is 0.109 e. The molecule has 1 heterocycles. The molecule has 0 aromatic carbocycles. The van der Waals surface area contributed by atoms with Gasteiger partial charge in [0.1, 0.15) is 12.2 Å². The number of aliphatic hydroxyl groups is 4. The normalized spacial score (nSPS) is 27.9. The van der Waals surface area contributed by atoms with Crippen molar-refractivity contribution in [3.05, 3.63) is 0 Å². The predicted octanol–water partition coefficient (Wildman–Crippen LogP) is 2.09. The Kier molecular flexibility index (Phi) is 14.3. The van der Waals surface area contributed by atoms with Crippen molar-refractivity contribution in [1.29, 1.82) is 0 Å². The van der Waals surface area contributed by atoms with Gasteiger partial charge >= 0.3 is 0 Å². The van der Waals surface area contributed by atoms with Gasteiger partial charge in [-0.2, -0.15) is 0 Å². The van der Waals surface area contributed by atoms with E-state index in [9.17, 15) is 20.4 Å². The maximum absolute atomic E-state index is 9.93. The van der Waals surface area contributed by atoms with Crippen LogP contribution in [0.5, 0.6) is 0 Å². The zero-order chi connectivity index (χ0) is 17.1. The van der Waals surface area contributed by atoms with Crippen LogP contribution in [0.4, 0.5) is 0 Å². The molecule has 5 nitrogen and oxygen atoms in total. The minimum atomic E-state index is -1.16. The van der Waals surface area contributed by atoms with E-state index >= 15 is 0 Å². The molecule has 24 heavy (non-hydrogen) atoms. The summed E-state index contributed by atoms with van der Waals surface area (Å²) in [5.74, 6) is 0. The molecule has 0 unspecified atom stereocenters. The molecule has 0 aromatic rings. The van der Waals surface area contributed by atoms with Gasteiger partial charge in [-0.3, -0.25) is 4.90 Å². The summed E-state index contributed by atoms with van der Waals surface area (Å²) in [7, 11) is 0. The molecule has 0 aromatic heterocycles. The number of β-amino-alcohol motifs (C(OH)–C–C–N with tert-alkyl or cyclic N) is 1. The zero-order valence-electron chi connectivity index (χ0n) is 15.1. The van der Waals surface area contributed by atoms with Crippen molar-refractivity contribution in [2.24, 2.45) is 0 Å². The molecular weight excluding hydrogens is 330 g/mol. The van der Waals surface area contributed by atoms with E-state index in [1.807, 2.05) is 4.90 Å². The van der Waals surface area contributed by atoms with Crippen molar-refractivity contribution >= 4 is 12.4 Å². The monoisotopic (exact) mass is 367 g/mol. The van der Waals surface area contributed by atoms with E-state index in [1.54, 1.807) is 0 Å². The van der Waals surface area contributed by atoms with Crippen molar-refractivity contribution in [3.63, 3.8) is 0 Å². The van der Waals surface area contributed by atoms with Crippen LogP contribution in [0.1, 0.15) is 71.1 Å². The van der Waals surface area contributed by atoms with Crippen LogP contribution in [0.15, 0.2) is 0 Å². The van der Waals surface area contributed by atoms with Crippen molar-refractivity contribution in [3.8, 4) is 0 Å². The van der Waals surface area contributed by atoms with Crippen LogP contribution in [0, 0.1) is 0 Å². The Morgan fingerprint density at radius 2 is 1.29 bits per heavy atom. The molecule has 1 aliphatic heterocycles. The summed E-state index contributed by atoms with van der Waals surface area (Å²) in [5, 5.41) is 38.8. The molecule has 0 amide bonds. The van der Waals surface area contributed by atoms with Crippen molar-refractivity contribution in [1.82, 2.24) is 4.90 Å². The van der Waals surface area contributed by atoms with E-state index in [1.165, 1.54) is 51.4 Å². The smallest absolute Gasteiger partial charge is 0.109 e. The Morgan fingerprint density at radius 1 is 0.792 bits per heavy atom. The van der Waals surface area contributed by atoms with Crippen LogP contribution in [-0.4, -0.2) is 69.4 Å². The SMILES string of the molecule is CCCCCCCCCCCCN1C[C@H](O)[C@@H](O)[C@H](O)[C@H]1CO.Cl. The summed E-state index contributed by atoms with van der Waals surface area (Å²) in [6, 6.07) is -0.466. The largest absolute Gasteiger partial charge is 0.395 e. The van der Waals surface area contributed by atoms with Gasteiger partial charge in [-0.05, 0) is 13.0 Å². The number of aliphatic hydroxyl groups excluding tert-OH is 4. The molecule has 0 aliphatic carbocycles. The molecule has 0 radical (unpaired) electrons. The second kappa shape index (κ2) is 14.3. The van der Waals surface area contributed by atoms with Crippen LogP contribution in [0.2, 0.25) is 0 Å². The topological polar surface area (TPSA) is 84.2 Å². The Labute approximate surface area is 153 Å². The average molecular weight is 368 g/mol. The molecule has 4 atom stereocenters. The van der Waals surface area contributed by atoms with Gasteiger partial charge in [-0.1, -0.05) is 64.7 Å². The second-order valence-corrected chi connectivity index (χ2v) is 6.98. The first-order chi connectivity index (χ1) is 11.1. The van der Waals surface area contributed by atoms with Gasteiger partial charge in [-0.15, -0.1) is 12.4 Å². The molecule has 4 N–H and O–H groups in total. The number of hydrogen-bond donors (Lipinski definition) is 4. The molecule has 1 saturated heterocycles. The summed E-state index contributed by atoms with van der Waals surface area (Å²) in [4.78, 5) is 1.91. The molecule has 0 saturated carbocycles. The van der Waals surface area contributed by atoms with E-state index in [0.29, 0.717) is 6.54 Å². The van der Waals surface area contributed by atoms with Gasteiger partial charge in [0.05, 0.1) is 18.8 Å². The average Bonchev–Trinajstić information content (AvgIpc) is 2.54. The highest BCUT2D eigenvalue weighted by molar-refractivity contribution is 5.85. The van der Waals surface area contributed by atoms with Gasteiger partial charge in [0.2, 0.25) is 0 Å². The summed E-state index contributed by atoms with van der Waals surface area (Å²) < 4.78 is 0. The lowest BCUT2D eigenvalue weighted by molar-refractivity contribution is -0.145. The van der Waals surface area contributed by atoms with Gasteiger partial charge in [-0.25, -0.2) is 0 Å². The zero-order valence-corrected chi connectivity index (χ0v) is 16.0. The van der Waals surface area contributed by atoms with Gasteiger partial charge < -0.3 is 20.4 Å². The number of halogens is 1. The highest BCUT2D eigenvalue weighted by Gasteiger charge is 2.40. The third-order valence-electron chi connectivity index (χ3n) is 5.01. The third kappa shape index (κ3) is 8.45. The molecule has 1 aliphatic rings. The Balaban J connectivity index is 0.00000529. The Morgan fingerprint density at radius 3 is 1.79 bits per heavy atom. The minimum Gasteiger partial charge on any atom is -0.395 e. The number of likely N-dealkylation sites (tertiary alicyclic amines) is 1. The first kappa shape index (κ1) is 24.1. The second-order valence-electron chi connectivity index (χ2n) is 6.98. The van der Waals surface area contributed by atoms with E-state index in [4.69, 9.17) is 0 Å². The van der Waals surface area contributed by atoms with Gasteiger partial charge in [0, 0.05) is 6.54 Å². The summed E-state index contributed by atoms with van der Waals surface area (Å²) in [6.07, 6.45) is 9.51. The van der Waals surface area contributed by atoms with Crippen molar-refractivity contribution < 1.29 is 20.4 Å². The lowest BCUT2D eigenvalue weighted by atomic mass is 9.94. The molecule has 1 fully saturated rings. The molecule has 146 valence electrons. The number of rotatable bonds is 12. The number of piperidine rings is 1. The minimum absolute atomic E-state index is 0. The van der Waals surface area contributed by atoms with Crippen molar-refractivity contribution in [2.45, 2.75) is 95.5 Å². The van der Waals surface area contributed by atoms with Gasteiger partial charge in [0.15, 0.2) is 0 Å². The first-order valence-electron chi connectivity index (χ1n) is 9.51. The van der Waals surface area contributed by atoms with Crippen molar-refractivity contribution in [2.75, 3.05) is 19.7 Å². The molecule has 6 heteroatoms. The van der Waals surface area contributed by atoms with E-state index in [0.717, 1.165) is 19.4 Å².